The van der Waals surface area contributed by atoms with Gasteiger partial charge in [0.05, 0.1) is 11.4 Å². The molecule has 1 aromatic carbocycles. The van der Waals surface area contributed by atoms with Crippen molar-refractivity contribution in [3.8, 4) is 0 Å². The van der Waals surface area contributed by atoms with Gasteiger partial charge in [-0.3, -0.25) is 9.59 Å². The SMILES string of the molecule is Cc1noc(C)c1CCC(=O)OCC(=O)Nc1cc(F)ccc1F. The van der Waals surface area contributed by atoms with Gasteiger partial charge in [0.2, 0.25) is 0 Å². The number of carbonyl (C=O) groups excluding carboxylic acids is 2. The third kappa shape index (κ3) is 4.61. The summed E-state index contributed by atoms with van der Waals surface area (Å²) < 4.78 is 36.2. The maximum absolute atomic E-state index is 13.4. The first-order valence-electron chi connectivity index (χ1n) is 7.19. The van der Waals surface area contributed by atoms with E-state index in [0.29, 0.717) is 17.9 Å². The van der Waals surface area contributed by atoms with Crippen molar-refractivity contribution in [1.29, 1.82) is 0 Å². The number of nitrogens with one attached hydrogen (secondary N) is 1. The molecule has 1 aromatic heterocycles. The van der Waals surface area contributed by atoms with Gasteiger partial charge >= 0.3 is 5.97 Å². The van der Waals surface area contributed by atoms with E-state index >= 15 is 0 Å². The predicted molar refractivity (Wildman–Crippen MR) is 80.2 cm³/mol. The highest BCUT2D eigenvalue weighted by Crippen LogP contribution is 2.16. The van der Waals surface area contributed by atoms with Gasteiger partial charge in [-0.05, 0) is 32.4 Å². The van der Waals surface area contributed by atoms with Gasteiger partial charge in [-0.2, -0.15) is 0 Å². The molecule has 0 radical (unpaired) electrons. The van der Waals surface area contributed by atoms with Crippen LogP contribution < -0.4 is 5.32 Å². The average Bonchev–Trinajstić information content (AvgIpc) is 2.85. The zero-order chi connectivity index (χ0) is 17.7. The Balaban J connectivity index is 1.79. The molecule has 0 saturated heterocycles. The van der Waals surface area contributed by atoms with Crippen LogP contribution in [0.4, 0.5) is 14.5 Å². The first-order valence-corrected chi connectivity index (χ1v) is 7.19. The number of anilines is 1. The van der Waals surface area contributed by atoms with E-state index in [9.17, 15) is 18.4 Å². The fourth-order valence-electron chi connectivity index (χ4n) is 2.08. The van der Waals surface area contributed by atoms with Crippen LogP contribution in [0, 0.1) is 25.5 Å². The molecule has 8 heteroatoms. The zero-order valence-corrected chi connectivity index (χ0v) is 13.2. The number of aryl methyl sites for hydroxylation is 2. The van der Waals surface area contributed by atoms with E-state index in [4.69, 9.17) is 9.26 Å². The van der Waals surface area contributed by atoms with E-state index in [1.165, 1.54) is 0 Å². The zero-order valence-electron chi connectivity index (χ0n) is 13.2. The minimum atomic E-state index is -0.783. The molecule has 0 unspecified atom stereocenters. The summed E-state index contributed by atoms with van der Waals surface area (Å²) in [6.45, 7) is 2.91. The van der Waals surface area contributed by atoms with Gasteiger partial charge in [-0.25, -0.2) is 8.78 Å². The summed E-state index contributed by atoms with van der Waals surface area (Å²) in [6.07, 6.45) is 0.421. The fourth-order valence-corrected chi connectivity index (χ4v) is 2.08. The van der Waals surface area contributed by atoms with Gasteiger partial charge in [0.1, 0.15) is 17.4 Å². The van der Waals surface area contributed by atoms with Crippen molar-refractivity contribution in [3.63, 3.8) is 0 Å². The smallest absolute Gasteiger partial charge is 0.306 e. The standard InChI is InChI=1S/C16H16F2N2O4/c1-9-12(10(2)24-20-9)4-6-16(22)23-8-15(21)19-14-7-11(17)3-5-13(14)18/h3,5,7H,4,6,8H2,1-2H3,(H,19,21). The van der Waals surface area contributed by atoms with Crippen LogP contribution in [-0.4, -0.2) is 23.6 Å². The van der Waals surface area contributed by atoms with Crippen molar-refractivity contribution in [1.82, 2.24) is 5.16 Å². The summed E-state index contributed by atoms with van der Waals surface area (Å²) in [5, 5.41) is 5.91. The van der Waals surface area contributed by atoms with Gasteiger partial charge in [0.25, 0.3) is 5.91 Å². The molecule has 0 aliphatic carbocycles. The van der Waals surface area contributed by atoms with Crippen LogP contribution in [0.3, 0.4) is 0 Å². The van der Waals surface area contributed by atoms with Crippen LogP contribution in [-0.2, 0) is 20.7 Å². The molecule has 2 rings (SSSR count). The number of nitrogens with zero attached hydrogens (tertiary/aromatic N) is 1. The van der Waals surface area contributed by atoms with Crippen LogP contribution in [0.1, 0.15) is 23.4 Å². The number of rotatable bonds is 6. The number of aromatic nitrogens is 1. The molecule has 24 heavy (non-hydrogen) atoms. The van der Waals surface area contributed by atoms with Gasteiger partial charge < -0.3 is 14.6 Å². The van der Waals surface area contributed by atoms with E-state index in [2.05, 4.69) is 10.5 Å². The Hall–Kier alpha value is -2.77. The minimum absolute atomic E-state index is 0.0461. The summed E-state index contributed by atoms with van der Waals surface area (Å²) in [4.78, 5) is 23.3. The second-order valence-electron chi connectivity index (χ2n) is 5.14. The molecule has 0 atom stereocenters. The van der Waals surface area contributed by atoms with Crippen LogP contribution in [0.2, 0.25) is 0 Å². The monoisotopic (exact) mass is 338 g/mol. The average molecular weight is 338 g/mol. The van der Waals surface area contributed by atoms with Gasteiger partial charge in [0, 0.05) is 18.1 Å². The van der Waals surface area contributed by atoms with E-state index < -0.39 is 30.1 Å². The summed E-state index contributed by atoms with van der Waals surface area (Å²) in [5.74, 6) is -2.20. The highest BCUT2D eigenvalue weighted by atomic mass is 19.1. The van der Waals surface area contributed by atoms with Crippen molar-refractivity contribution in [2.75, 3.05) is 11.9 Å². The number of ether oxygens (including phenoxy) is 1. The number of hydrogen-bond donors (Lipinski definition) is 1. The Labute approximate surface area is 136 Å². The lowest BCUT2D eigenvalue weighted by Gasteiger charge is -2.07. The number of esters is 1. The first-order chi connectivity index (χ1) is 11.4. The lowest BCUT2D eigenvalue weighted by molar-refractivity contribution is -0.147. The Bertz CT molecular complexity index is 739. The molecule has 0 aliphatic heterocycles. The Morgan fingerprint density at radius 1 is 1.29 bits per heavy atom. The van der Waals surface area contributed by atoms with Gasteiger partial charge in [-0.1, -0.05) is 5.16 Å². The lowest BCUT2D eigenvalue weighted by atomic mass is 10.1. The van der Waals surface area contributed by atoms with Crippen LogP contribution in [0.25, 0.3) is 0 Å². The highest BCUT2D eigenvalue weighted by molar-refractivity contribution is 5.92. The maximum atomic E-state index is 13.4. The number of hydrogen-bond acceptors (Lipinski definition) is 5. The Morgan fingerprint density at radius 3 is 2.71 bits per heavy atom. The highest BCUT2D eigenvalue weighted by Gasteiger charge is 2.14. The molecule has 2 aromatic rings. The summed E-state index contributed by atoms with van der Waals surface area (Å²) in [5.41, 5.74) is 1.20. The maximum Gasteiger partial charge on any atom is 0.306 e. The molecular weight excluding hydrogens is 322 g/mol. The van der Waals surface area contributed by atoms with Crippen LogP contribution in [0.5, 0.6) is 0 Å². The lowest BCUT2D eigenvalue weighted by Crippen LogP contribution is -2.21. The van der Waals surface area contributed by atoms with Crippen molar-refractivity contribution in [3.05, 3.63) is 46.9 Å². The molecular formula is C16H16F2N2O4. The molecule has 0 spiro atoms. The second kappa shape index (κ2) is 7.67. The molecule has 1 amide bonds. The van der Waals surface area contributed by atoms with E-state index in [0.717, 1.165) is 23.8 Å². The largest absolute Gasteiger partial charge is 0.456 e. The molecule has 1 N–H and O–H groups in total. The summed E-state index contributed by atoms with van der Waals surface area (Å²) >= 11 is 0. The second-order valence-corrected chi connectivity index (χ2v) is 5.14. The number of halogens is 2. The van der Waals surface area contributed by atoms with Gasteiger partial charge in [-0.15, -0.1) is 0 Å². The molecule has 0 saturated carbocycles. The Morgan fingerprint density at radius 2 is 2.04 bits per heavy atom. The molecule has 1 heterocycles. The molecule has 128 valence electrons. The first kappa shape index (κ1) is 17.6. The third-order valence-electron chi connectivity index (χ3n) is 3.33. The van der Waals surface area contributed by atoms with Crippen molar-refractivity contribution >= 4 is 17.6 Å². The van der Waals surface area contributed by atoms with Crippen LogP contribution in [0.15, 0.2) is 22.7 Å². The number of carbonyl (C=O) groups is 2. The number of amides is 1. The summed E-state index contributed by atoms with van der Waals surface area (Å²) in [7, 11) is 0. The normalized spacial score (nSPS) is 10.5. The van der Waals surface area contributed by atoms with Crippen molar-refractivity contribution in [2.24, 2.45) is 0 Å². The predicted octanol–water partition coefficient (Wildman–Crippen LogP) is 2.68. The topological polar surface area (TPSA) is 81.4 Å². The number of benzene rings is 1. The molecule has 0 aliphatic rings. The minimum Gasteiger partial charge on any atom is -0.456 e. The molecule has 0 fully saturated rings. The van der Waals surface area contributed by atoms with Crippen molar-refractivity contribution in [2.45, 2.75) is 26.7 Å². The van der Waals surface area contributed by atoms with E-state index in [1.807, 2.05) is 0 Å². The van der Waals surface area contributed by atoms with E-state index in [1.54, 1.807) is 13.8 Å². The molecule has 6 nitrogen and oxygen atoms in total. The summed E-state index contributed by atoms with van der Waals surface area (Å²) in [6, 6.07) is 2.66. The Kier molecular flexibility index (Phi) is 5.62. The van der Waals surface area contributed by atoms with E-state index in [-0.39, 0.29) is 12.1 Å². The third-order valence-corrected chi connectivity index (χ3v) is 3.33. The fraction of sp³-hybridized carbons (Fsp3) is 0.312. The quantitative estimate of drug-likeness (QED) is 0.819. The van der Waals surface area contributed by atoms with Crippen LogP contribution >= 0.6 is 0 Å². The molecule has 0 bridgehead atoms. The van der Waals surface area contributed by atoms with Crippen molar-refractivity contribution < 1.29 is 27.6 Å². The van der Waals surface area contributed by atoms with Gasteiger partial charge in [0.15, 0.2) is 6.61 Å².